The molecule has 0 saturated carbocycles. The Morgan fingerprint density at radius 3 is 2.63 bits per heavy atom. The molecule has 0 amide bonds. The largest absolute Gasteiger partial charge is 0.479 e. The molecule has 7 heteroatoms. The smallest absolute Gasteiger partial charge is 0.344 e. The van der Waals surface area contributed by atoms with Crippen LogP contribution in [0.1, 0.15) is 17.7 Å². The molecule has 30 heavy (non-hydrogen) atoms. The van der Waals surface area contributed by atoms with Crippen LogP contribution in [0.3, 0.4) is 0 Å². The van der Waals surface area contributed by atoms with Gasteiger partial charge in [0.15, 0.2) is 0 Å². The van der Waals surface area contributed by atoms with Crippen LogP contribution >= 0.6 is 0 Å². The molecule has 0 aliphatic heterocycles. The van der Waals surface area contributed by atoms with Crippen molar-refractivity contribution in [2.75, 3.05) is 7.11 Å². The molecule has 0 bridgehead atoms. The van der Waals surface area contributed by atoms with E-state index in [4.69, 9.17) is 18.4 Å². The maximum Gasteiger partial charge on any atom is 0.344 e. The van der Waals surface area contributed by atoms with E-state index in [1.165, 1.54) is 7.11 Å². The zero-order valence-electron chi connectivity index (χ0n) is 16.5. The van der Waals surface area contributed by atoms with Gasteiger partial charge in [0, 0.05) is 23.9 Å². The first kappa shape index (κ1) is 19.4. The summed E-state index contributed by atoms with van der Waals surface area (Å²) in [7, 11) is 1.48. The van der Waals surface area contributed by atoms with Gasteiger partial charge in [-0.2, -0.15) is 0 Å². The summed E-state index contributed by atoms with van der Waals surface area (Å²) in [6, 6.07) is 16.0. The van der Waals surface area contributed by atoms with E-state index in [0.29, 0.717) is 35.0 Å². The number of fused-ring (bicyclic) bond motifs is 1. The molecule has 0 unspecified atom stereocenters. The third kappa shape index (κ3) is 3.96. The molecule has 4 aromatic rings. The van der Waals surface area contributed by atoms with Crippen molar-refractivity contribution in [2.45, 2.75) is 19.8 Å². The number of aryl methyl sites for hydroxylation is 2. The molecule has 0 aliphatic carbocycles. The van der Waals surface area contributed by atoms with Gasteiger partial charge in [-0.25, -0.2) is 4.79 Å². The van der Waals surface area contributed by atoms with Crippen molar-refractivity contribution in [2.24, 2.45) is 0 Å². The predicted octanol–water partition coefficient (Wildman–Crippen LogP) is 4.30. The molecule has 0 radical (unpaired) electrons. The van der Waals surface area contributed by atoms with Gasteiger partial charge in [0.2, 0.25) is 0 Å². The van der Waals surface area contributed by atoms with E-state index in [2.05, 4.69) is 5.16 Å². The molecule has 4 rings (SSSR count). The van der Waals surface area contributed by atoms with Crippen molar-refractivity contribution in [3.8, 4) is 22.8 Å². The van der Waals surface area contributed by atoms with E-state index in [0.717, 1.165) is 16.5 Å². The second-order valence-corrected chi connectivity index (χ2v) is 6.72. The molecule has 2 heterocycles. The molecule has 2 aromatic carbocycles. The number of aromatic nitrogens is 1. The molecule has 2 aromatic heterocycles. The Morgan fingerprint density at radius 2 is 1.90 bits per heavy atom. The minimum atomic E-state index is -0.440. The molecular weight excluding hydrogens is 386 g/mol. The summed E-state index contributed by atoms with van der Waals surface area (Å²) >= 11 is 0. The maximum atomic E-state index is 12.6. The highest BCUT2D eigenvalue weighted by Crippen LogP contribution is 2.29. The number of methoxy groups -OCH3 is 1. The first-order valence-electron chi connectivity index (χ1n) is 9.38. The van der Waals surface area contributed by atoms with Gasteiger partial charge >= 0.3 is 11.6 Å². The standard InChI is InChI=1S/C23H19NO6/c1-14-18-10-8-16(28-21(25)11-9-17-13-20(27-2)24-30-17)12-19(18)29-23(26)22(14)15-6-4-3-5-7-15/h3-8,10,12-13H,9,11H2,1-2H3. The molecule has 0 spiro atoms. The first-order valence-corrected chi connectivity index (χ1v) is 9.38. The van der Waals surface area contributed by atoms with Crippen molar-refractivity contribution in [1.29, 1.82) is 0 Å². The van der Waals surface area contributed by atoms with Crippen molar-refractivity contribution in [1.82, 2.24) is 5.16 Å². The lowest BCUT2D eigenvalue weighted by Gasteiger charge is -2.09. The molecule has 152 valence electrons. The third-order valence-corrected chi connectivity index (χ3v) is 4.76. The highest BCUT2D eigenvalue weighted by molar-refractivity contribution is 5.88. The van der Waals surface area contributed by atoms with Crippen LogP contribution in [0.4, 0.5) is 0 Å². The van der Waals surface area contributed by atoms with Crippen LogP contribution < -0.4 is 15.1 Å². The number of benzene rings is 2. The fourth-order valence-electron chi connectivity index (χ4n) is 3.25. The van der Waals surface area contributed by atoms with Gasteiger partial charge < -0.3 is 18.4 Å². The lowest BCUT2D eigenvalue weighted by molar-refractivity contribution is -0.134. The molecule has 0 saturated heterocycles. The Balaban J connectivity index is 1.53. The third-order valence-electron chi connectivity index (χ3n) is 4.76. The number of nitrogens with zero attached hydrogens (tertiary/aromatic N) is 1. The summed E-state index contributed by atoms with van der Waals surface area (Å²) in [6.45, 7) is 1.87. The normalized spacial score (nSPS) is 10.9. The van der Waals surface area contributed by atoms with E-state index >= 15 is 0 Å². The van der Waals surface area contributed by atoms with Gasteiger partial charge in [-0.3, -0.25) is 4.79 Å². The van der Waals surface area contributed by atoms with Crippen LogP contribution in [0, 0.1) is 6.92 Å². The number of carbonyl (C=O) groups is 1. The van der Waals surface area contributed by atoms with Crippen LogP contribution in [0.2, 0.25) is 0 Å². The number of hydrogen-bond donors (Lipinski definition) is 0. The summed E-state index contributed by atoms with van der Waals surface area (Å²) in [5.41, 5.74) is 2.06. The van der Waals surface area contributed by atoms with Crippen LogP contribution in [-0.4, -0.2) is 18.2 Å². The molecule has 0 atom stereocenters. The van der Waals surface area contributed by atoms with Crippen LogP contribution in [0.15, 0.2) is 68.3 Å². The Hall–Kier alpha value is -3.87. The highest BCUT2D eigenvalue weighted by Gasteiger charge is 2.15. The van der Waals surface area contributed by atoms with Gasteiger partial charge in [0.05, 0.1) is 19.1 Å². The van der Waals surface area contributed by atoms with Crippen molar-refractivity contribution in [3.05, 3.63) is 76.3 Å². The van der Waals surface area contributed by atoms with E-state index in [1.807, 2.05) is 37.3 Å². The highest BCUT2D eigenvalue weighted by atomic mass is 16.5. The first-order chi connectivity index (χ1) is 14.5. The maximum absolute atomic E-state index is 12.6. The quantitative estimate of drug-likeness (QED) is 0.268. The van der Waals surface area contributed by atoms with E-state index in [9.17, 15) is 9.59 Å². The number of esters is 1. The zero-order valence-corrected chi connectivity index (χ0v) is 16.5. The summed E-state index contributed by atoms with van der Waals surface area (Å²) in [6.07, 6.45) is 0.434. The second-order valence-electron chi connectivity index (χ2n) is 6.72. The van der Waals surface area contributed by atoms with Crippen LogP contribution in [-0.2, 0) is 11.2 Å². The van der Waals surface area contributed by atoms with Crippen molar-refractivity contribution in [3.63, 3.8) is 0 Å². The van der Waals surface area contributed by atoms with Gasteiger partial charge in [-0.15, -0.1) is 0 Å². The lowest BCUT2D eigenvalue weighted by Crippen LogP contribution is -2.09. The monoisotopic (exact) mass is 405 g/mol. The van der Waals surface area contributed by atoms with E-state index in [1.54, 1.807) is 24.3 Å². The van der Waals surface area contributed by atoms with Gasteiger partial charge in [-0.05, 0) is 35.3 Å². The minimum Gasteiger partial charge on any atom is -0.479 e. The van der Waals surface area contributed by atoms with Crippen LogP contribution in [0.5, 0.6) is 11.6 Å². The lowest BCUT2D eigenvalue weighted by atomic mass is 10.00. The Bertz CT molecular complexity index is 1260. The Kier molecular flexibility index (Phi) is 5.34. The molecule has 0 N–H and O–H groups in total. The fourth-order valence-corrected chi connectivity index (χ4v) is 3.25. The topological polar surface area (TPSA) is 91.8 Å². The number of hydrogen-bond acceptors (Lipinski definition) is 7. The molecule has 0 aliphatic rings. The molecular formula is C23H19NO6. The fraction of sp³-hybridized carbons (Fsp3) is 0.174. The number of rotatable bonds is 6. The summed E-state index contributed by atoms with van der Waals surface area (Å²) in [5.74, 6) is 0.743. The second kappa shape index (κ2) is 8.24. The summed E-state index contributed by atoms with van der Waals surface area (Å²) in [5, 5.41) is 4.46. The van der Waals surface area contributed by atoms with Gasteiger partial charge in [0.1, 0.15) is 17.1 Å². The average molecular weight is 405 g/mol. The minimum absolute atomic E-state index is 0.103. The molecule has 0 fully saturated rings. The number of ether oxygens (including phenoxy) is 2. The summed E-state index contributed by atoms with van der Waals surface area (Å²) in [4.78, 5) is 24.7. The number of carbonyl (C=O) groups excluding carboxylic acids is 1. The van der Waals surface area contributed by atoms with Crippen LogP contribution in [0.25, 0.3) is 22.1 Å². The zero-order chi connectivity index (χ0) is 21.1. The van der Waals surface area contributed by atoms with E-state index < -0.39 is 11.6 Å². The Labute approximate surface area is 171 Å². The van der Waals surface area contributed by atoms with Gasteiger partial charge in [-0.1, -0.05) is 30.3 Å². The van der Waals surface area contributed by atoms with Crippen molar-refractivity contribution >= 4 is 16.9 Å². The van der Waals surface area contributed by atoms with E-state index in [-0.39, 0.29) is 6.42 Å². The SMILES string of the molecule is COc1cc(CCC(=O)Oc2ccc3c(C)c(-c4ccccc4)c(=O)oc3c2)on1. The van der Waals surface area contributed by atoms with Gasteiger partial charge in [0.25, 0.3) is 5.88 Å². The molecule has 7 nitrogen and oxygen atoms in total. The summed E-state index contributed by atoms with van der Waals surface area (Å²) < 4.78 is 20.9. The Morgan fingerprint density at radius 1 is 1.10 bits per heavy atom. The average Bonchev–Trinajstić information content (AvgIpc) is 3.21. The predicted molar refractivity (Wildman–Crippen MR) is 110 cm³/mol. The van der Waals surface area contributed by atoms with Crippen molar-refractivity contribution < 1.29 is 23.2 Å².